The molecule has 0 spiro atoms. The highest BCUT2D eigenvalue weighted by Gasteiger charge is 2.45. The molecule has 15 heavy (non-hydrogen) atoms. The third-order valence-electron chi connectivity index (χ3n) is 3.37. The van der Waals surface area contributed by atoms with Crippen molar-refractivity contribution in [2.45, 2.75) is 45.2 Å². The summed E-state index contributed by atoms with van der Waals surface area (Å²) in [6.07, 6.45) is 5.22. The fourth-order valence-electron chi connectivity index (χ4n) is 2.86. The summed E-state index contributed by atoms with van der Waals surface area (Å²) in [5, 5.41) is 12.6. The maximum Gasteiger partial charge on any atom is 0.0701 e. The van der Waals surface area contributed by atoms with Crippen LogP contribution in [0, 0.1) is 17.2 Å². The number of hydrogen-bond acceptors (Lipinski definition) is 2. The molecule has 1 aliphatic carbocycles. The van der Waals surface area contributed by atoms with Crippen LogP contribution in [0.25, 0.3) is 0 Å². The van der Waals surface area contributed by atoms with E-state index in [1.165, 1.54) is 11.1 Å². The van der Waals surface area contributed by atoms with E-state index >= 15 is 0 Å². The summed E-state index contributed by atoms with van der Waals surface area (Å²) in [7, 11) is 0. The molecule has 0 radical (unpaired) electrons. The van der Waals surface area contributed by atoms with Crippen molar-refractivity contribution in [2.24, 2.45) is 5.92 Å². The first-order valence-electron chi connectivity index (χ1n) is 5.49. The molecule has 0 aromatic heterocycles. The van der Waals surface area contributed by atoms with Crippen LogP contribution in [0.2, 0.25) is 0 Å². The van der Waals surface area contributed by atoms with Crippen molar-refractivity contribution in [3.63, 3.8) is 0 Å². The van der Waals surface area contributed by atoms with Gasteiger partial charge in [-0.2, -0.15) is 5.26 Å². The van der Waals surface area contributed by atoms with Gasteiger partial charge in [-0.3, -0.25) is 5.32 Å². The number of nitriles is 1. The molecule has 1 aliphatic heterocycles. The Morgan fingerprint density at radius 3 is 2.47 bits per heavy atom. The molecular weight excluding hydrogens is 184 g/mol. The quantitative estimate of drug-likeness (QED) is 0.655. The van der Waals surface area contributed by atoms with Gasteiger partial charge < -0.3 is 0 Å². The molecule has 0 aromatic carbocycles. The SMILES string of the molecule is CC1(C)NC(C)(C)C2=CC(C#N)CC=C21. The van der Waals surface area contributed by atoms with Crippen LogP contribution in [0.1, 0.15) is 34.1 Å². The van der Waals surface area contributed by atoms with E-state index in [0.717, 1.165) is 6.42 Å². The van der Waals surface area contributed by atoms with Gasteiger partial charge in [0.25, 0.3) is 0 Å². The van der Waals surface area contributed by atoms with Crippen LogP contribution in [0.5, 0.6) is 0 Å². The van der Waals surface area contributed by atoms with Crippen molar-refractivity contribution < 1.29 is 0 Å². The molecule has 80 valence electrons. The summed E-state index contributed by atoms with van der Waals surface area (Å²) in [4.78, 5) is 0. The topological polar surface area (TPSA) is 35.8 Å². The average molecular weight is 202 g/mol. The maximum atomic E-state index is 8.97. The second-order valence-corrected chi connectivity index (χ2v) is 5.54. The predicted molar refractivity (Wildman–Crippen MR) is 61.2 cm³/mol. The average Bonchev–Trinajstić information content (AvgIpc) is 2.32. The highest BCUT2D eigenvalue weighted by atomic mass is 15.1. The van der Waals surface area contributed by atoms with Gasteiger partial charge in [-0.05, 0) is 45.3 Å². The summed E-state index contributed by atoms with van der Waals surface area (Å²) < 4.78 is 0. The molecule has 1 unspecified atom stereocenters. The van der Waals surface area contributed by atoms with Crippen LogP contribution in [-0.4, -0.2) is 11.1 Å². The number of rotatable bonds is 0. The molecule has 2 heteroatoms. The van der Waals surface area contributed by atoms with E-state index in [2.05, 4.69) is 51.2 Å². The smallest absolute Gasteiger partial charge is 0.0701 e. The van der Waals surface area contributed by atoms with Gasteiger partial charge in [-0.1, -0.05) is 12.2 Å². The zero-order valence-electron chi connectivity index (χ0n) is 9.89. The van der Waals surface area contributed by atoms with Crippen LogP contribution >= 0.6 is 0 Å². The maximum absolute atomic E-state index is 8.97. The van der Waals surface area contributed by atoms with Crippen molar-refractivity contribution >= 4 is 0 Å². The third kappa shape index (κ3) is 1.52. The van der Waals surface area contributed by atoms with E-state index in [-0.39, 0.29) is 17.0 Å². The molecule has 1 saturated heterocycles. The van der Waals surface area contributed by atoms with Crippen LogP contribution in [0.4, 0.5) is 0 Å². The molecule has 0 amide bonds. The molecule has 0 aromatic rings. The molecule has 1 heterocycles. The largest absolute Gasteiger partial charge is 0.299 e. The lowest BCUT2D eigenvalue weighted by Crippen LogP contribution is -2.43. The van der Waals surface area contributed by atoms with Crippen LogP contribution in [-0.2, 0) is 0 Å². The van der Waals surface area contributed by atoms with Crippen molar-refractivity contribution in [2.75, 3.05) is 0 Å². The Balaban J connectivity index is 2.48. The highest BCUT2D eigenvalue weighted by molar-refractivity contribution is 5.53. The first kappa shape index (κ1) is 10.4. The zero-order chi connectivity index (χ0) is 11.3. The molecular formula is C13H18N2. The summed E-state index contributed by atoms with van der Waals surface area (Å²) in [5.41, 5.74) is 2.71. The summed E-state index contributed by atoms with van der Waals surface area (Å²) >= 11 is 0. The Bertz CT molecular complexity index is 391. The van der Waals surface area contributed by atoms with E-state index < -0.39 is 0 Å². The number of nitrogens with one attached hydrogen (secondary N) is 1. The van der Waals surface area contributed by atoms with Gasteiger partial charge in [-0.15, -0.1) is 0 Å². The van der Waals surface area contributed by atoms with Gasteiger partial charge in [0.05, 0.1) is 12.0 Å². The molecule has 2 rings (SSSR count). The molecule has 1 fully saturated rings. The number of nitrogens with zero attached hydrogens (tertiary/aromatic N) is 1. The first-order chi connectivity index (χ1) is 6.87. The fourth-order valence-corrected chi connectivity index (χ4v) is 2.86. The number of hydrogen-bond donors (Lipinski definition) is 1. The van der Waals surface area contributed by atoms with Crippen molar-refractivity contribution in [1.29, 1.82) is 5.26 Å². The summed E-state index contributed by atoms with van der Waals surface area (Å²) in [6, 6.07) is 2.33. The molecule has 0 saturated carbocycles. The third-order valence-corrected chi connectivity index (χ3v) is 3.37. The molecule has 2 nitrogen and oxygen atoms in total. The second-order valence-electron chi connectivity index (χ2n) is 5.54. The highest BCUT2D eigenvalue weighted by Crippen LogP contribution is 2.43. The Morgan fingerprint density at radius 2 is 1.87 bits per heavy atom. The van der Waals surface area contributed by atoms with Gasteiger partial charge in [0.2, 0.25) is 0 Å². The first-order valence-corrected chi connectivity index (χ1v) is 5.49. The van der Waals surface area contributed by atoms with Gasteiger partial charge in [0, 0.05) is 11.1 Å². The lowest BCUT2D eigenvalue weighted by Gasteiger charge is -2.24. The van der Waals surface area contributed by atoms with Gasteiger partial charge in [-0.25, -0.2) is 0 Å². The minimum Gasteiger partial charge on any atom is -0.299 e. The summed E-state index contributed by atoms with van der Waals surface area (Å²) in [6.45, 7) is 8.77. The summed E-state index contributed by atoms with van der Waals surface area (Å²) in [5.74, 6) is 0.0544. The van der Waals surface area contributed by atoms with E-state index in [9.17, 15) is 0 Å². The van der Waals surface area contributed by atoms with Gasteiger partial charge >= 0.3 is 0 Å². The fraction of sp³-hybridized carbons (Fsp3) is 0.615. The standard InChI is InChI=1S/C13H18N2/c1-12(2)10-6-5-9(8-14)7-11(10)13(3,4)15-12/h6-7,9,15H,5H2,1-4H3. The van der Waals surface area contributed by atoms with Gasteiger partial charge in [0.15, 0.2) is 0 Å². The Hall–Kier alpha value is -1.07. The Morgan fingerprint density at radius 1 is 1.27 bits per heavy atom. The van der Waals surface area contributed by atoms with Crippen molar-refractivity contribution in [3.8, 4) is 6.07 Å². The van der Waals surface area contributed by atoms with E-state index in [0.29, 0.717) is 0 Å². The minimum atomic E-state index is -0.00907. The van der Waals surface area contributed by atoms with E-state index in [1.54, 1.807) is 0 Å². The number of allylic oxidation sites excluding steroid dienone is 2. The Kier molecular flexibility index (Phi) is 2.06. The van der Waals surface area contributed by atoms with Crippen LogP contribution in [0.3, 0.4) is 0 Å². The lowest BCUT2D eigenvalue weighted by molar-refractivity contribution is 0.401. The molecule has 1 N–H and O–H groups in total. The molecule has 2 aliphatic rings. The van der Waals surface area contributed by atoms with Gasteiger partial charge in [0.1, 0.15) is 0 Å². The number of fused-ring (bicyclic) bond motifs is 1. The molecule has 1 atom stereocenters. The zero-order valence-corrected chi connectivity index (χ0v) is 9.89. The molecule has 0 bridgehead atoms. The second kappa shape index (κ2) is 2.96. The normalized spacial score (nSPS) is 31.3. The Labute approximate surface area is 91.7 Å². The predicted octanol–water partition coefficient (Wildman–Crippen LogP) is 2.54. The van der Waals surface area contributed by atoms with Crippen molar-refractivity contribution in [1.82, 2.24) is 5.32 Å². The van der Waals surface area contributed by atoms with Crippen LogP contribution in [0.15, 0.2) is 23.3 Å². The monoisotopic (exact) mass is 202 g/mol. The van der Waals surface area contributed by atoms with E-state index in [4.69, 9.17) is 5.26 Å². The van der Waals surface area contributed by atoms with Crippen LogP contribution < -0.4 is 5.32 Å². The van der Waals surface area contributed by atoms with E-state index in [1.807, 2.05) is 0 Å². The minimum absolute atomic E-state index is 0.00907. The lowest BCUT2D eigenvalue weighted by atomic mass is 9.81. The van der Waals surface area contributed by atoms with Crippen molar-refractivity contribution in [3.05, 3.63) is 23.3 Å².